The van der Waals surface area contributed by atoms with Gasteiger partial charge >= 0.3 is 0 Å². The van der Waals surface area contributed by atoms with Crippen molar-refractivity contribution >= 4 is 34.6 Å². The first-order chi connectivity index (χ1) is 16.5. The molecule has 2 aromatic carbocycles. The molecule has 4 nitrogen and oxygen atoms in total. The number of anilines is 1. The van der Waals surface area contributed by atoms with Crippen LogP contribution in [0.3, 0.4) is 0 Å². The summed E-state index contributed by atoms with van der Waals surface area (Å²) in [7, 11) is 0. The van der Waals surface area contributed by atoms with Gasteiger partial charge in [0.2, 0.25) is 0 Å². The molecule has 6 heteroatoms. The number of nitrogens with zero attached hydrogens (tertiary/aromatic N) is 3. The number of hydrogen-bond acceptors (Lipinski definition) is 2. The van der Waals surface area contributed by atoms with Gasteiger partial charge in [-0.15, -0.1) is 0 Å². The molecule has 1 N–H and O–H groups in total. The van der Waals surface area contributed by atoms with Crippen LogP contribution in [0.2, 0.25) is 5.02 Å². The Hall–Kier alpha value is -3.15. The van der Waals surface area contributed by atoms with Gasteiger partial charge in [-0.3, -0.25) is 4.98 Å². The first kappa shape index (κ1) is 22.6. The first-order valence-corrected chi connectivity index (χ1v) is 12.3. The molecule has 1 fully saturated rings. The molecule has 3 heterocycles. The SMILES string of the molecule is CCc1ccc(-n2c(C)cc([C@@H]3[C@H](c4ccccn4)NC(=S)N3c3ccc(Cl)cc3)c2C)cc1. The summed E-state index contributed by atoms with van der Waals surface area (Å²) in [5, 5.41) is 4.93. The normalized spacial score (nSPS) is 17.8. The Labute approximate surface area is 211 Å². The van der Waals surface area contributed by atoms with Crippen LogP contribution in [0.15, 0.2) is 79.0 Å². The van der Waals surface area contributed by atoms with Gasteiger partial charge in [0.25, 0.3) is 0 Å². The molecule has 0 bridgehead atoms. The lowest BCUT2D eigenvalue weighted by atomic mass is 9.96. The lowest BCUT2D eigenvalue weighted by molar-refractivity contribution is 0.565. The molecular weight excluding hydrogens is 460 g/mol. The number of rotatable bonds is 5. The van der Waals surface area contributed by atoms with Gasteiger partial charge in [-0.25, -0.2) is 0 Å². The minimum absolute atomic E-state index is 0.0570. The Bertz CT molecular complexity index is 1310. The Morgan fingerprint density at radius 2 is 1.68 bits per heavy atom. The second-order valence-electron chi connectivity index (χ2n) is 8.65. The lowest BCUT2D eigenvalue weighted by Crippen LogP contribution is -2.29. The summed E-state index contributed by atoms with van der Waals surface area (Å²) < 4.78 is 2.33. The van der Waals surface area contributed by atoms with Crippen molar-refractivity contribution < 1.29 is 0 Å². The molecule has 4 aromatic rings. The quantitative estimate of drug-likeness (QED) is 0.311. The summed E-state index contributed by atoms with van der Waals surface area (Å²) >= 11 is 12.1. The molecule has 0 saturated carbocycles. The predicted octanol–water partition coefficient (Wildman–Crippen LogP) is 6.88. The number of pyridine rings is 1. The van der Waals surface area contributed by atoms with E-state index in [1.54, 1.807) is 0 Å². The maximum Gasteiger partial charge on any atom is 0.174 e. The number of hydrogen-bond donors (Lipinski definition) is 1. The second-order valence-corrected chi connectivity index (χ2v) is 9.48. The van der Waals surface area contributed by atoms with Gasteiger partial charge in [-0.1, -0.05) is 36.7 Å². The van der Waals surface area contributed by atoms with Crippen LogP contribution < -0.4 is 10.2 Å². The van der Waals surface area contributed by atoms with Gasteiger partial charge in [0, 0.05) is 34.0 Å². The van der Waals surface area contributed by atoms with E-state index in [9.17, 15) is 0 Å². The molecule has 1 aliphatic heterocycles. The molecule has 1 saturated heterocycles. The van der Waals surface area contributed by atoms with Crippen LogP contribution >= 0.6 is 23.8 Å². The van der Waals surface area contributed by atoms with Crippen molar-refractivity contribution in [1.29, 1.82) is 0 Å². The molecule has 0 unspecified atom stereocenters. The third-order valence-corrected chi connectivity index (χ3v) is 7.16. The molecular formula is C28H27ClN4S. The van der Waals surface area contributed by atoms with Crippen molar-refractivity contribution in [3.05, 3.63) is 112 Å². The number of thiocarbonyl (C=S) groups is 1. The fourth-order valence-corrected chi connectivity index (χ4v) is 5.39. The molecule has 2 aromatic heterocycles. The molecule has 172 valence electrons. The molecule has 0 spiro atoms. The zero-order valence-electron chi connectivity index (χ0n) is 19.5. The fourth-order valence-electron chi connectivity index (χ4n) is 4.92. The average Bonchev–Trinajstić information content (AvgIpc) is 3.35. The highest BCUT2D eigenvalue weighted by atomic mass is 35.5. The van der Waals surface area contributed by atoms with E-state index in [1.807, 2.05) is 42.6 Å². The van der Waals surface area contributed by atoms with Gasteiger partial charge in [0.05, 0.1) is 17.8 Å². The Morgan fingerprint density at radius 3 is 2.32 bits per heavy atom. The van der Waals surface area contributed by atoms with Crippen LogP contribution in [-0.2, 0) is 6.42 Å². The number of aromatic nitrogens is 2. The standard InChI is InChI=1S/C28H27ClN4S/c1-4-20-8-12-22(13-9-20)32-18(2)17-24(19(32)3)27-26(25-7-5-6-16-30-25)31-28(34)33(27)23-14-10-21(29)11-15-23/h5-17,26-27H,4H2,1-3H3,(H,31,34)/t26-,27+/m0/s1. The third-order valence-electron chi connectivity index (χ3n) is 6.59. The van der Waals surface area contributed by atoms with Crippen molar-refractivity contribution in [1.82, 2.24) is 14.9 Å². The molecule has 34 heavy (non-hydrogen) atoms. The summed E-state index contributed by atoms with van der Waals surface area (Å²) in [6.45, 7) is 6.53. The Morgan fingerprint density at radius 1 is 0.971 bits per heavy atom. The average molecular weight is 487 g/mol. The Kier molecular flexibility index (Phi) is 6.15. The maximum atomic E-state index is 6.19. The summed E-state index contributed by atoms with van der Waals surface area (Å²) in [5.41, 5.74) is 8.06. The van der Waals surface area contributed by atoms with E-state index in [-0.39, 0.29) is 12.1 Å². The minimum Gasteiger partial charge on any atom is -0.351 e. The van der Waals surface area contributed by atoms with Crippen LogP contribution in [0.5, 0.6) is 0 Å². The zero-order valence-corrected chi connectivity index (χ0v) is 21.1. The highest BCUT2D eigenvalue weighted by molar-refractivity contribution is 7.80. The molecule has 0 aliphatic carbocycles. The van der Waals surface area contributed by atoms with Crippen molar-refractivity contribution in [2.24, 2.45) is 0 Å². The zero-order chi connectivity index (χ0) is 23.8. The molecule has 1 aliphatic rings. The van der Waals surface area contributed by atoms with E-state index in [4.69, 9.17) is 23.8 Å². The molecule has 2 atom stereocenters. The smallest absolute Gasteiger partial charge is 0.174 e. The second kappa shape index (κ2) is 9.24. The van der Waals surface area contributed by atoms with Gasteiger partial charge in [-0.05, 0) is 98.2 Å². The van der Waals surface area contributed by atoms with Gasteiger partial charge in [0.1, 0.15) is 0 Å². The number of benzene rings is 2. The van der Waals surface area contributed by atoms with Crippen LogP contribution in [0.1, 0.15) is 47.2 Å². The first-order valence-electron chi connectivity index (χ1n) is 11.5. The summed E-state index contributed by atoms with van der Waals surface area (Å²) in [6, 6.07) is 24.8. The summed E-state index contributed by atoms with van der Waals surface area (Å²) in [6.07, 6.45) is 2.86. The molecule has 0 amide bonds. The fraction of sp³-hybridized carbons (Fsp3) is 0.214. The van der Waals surface area contributed by atoms with Crippen LogP contribution in [0.25, 0.3) is 5.69 Å². The van der Waals surface area contributed by atoms with Crippen molar-refractivity contribution in [2.75, 3.05) is 4.90 Å². The number of nitrogens with one attached hydrogen (secondary N) is 1. The van der Waals surface area contributed by atoms with E-state index < -0.39 is 0 Å². The topological polar surface area (TPSA) is 33.1 Å². The van der Waals surface area contributed by atoms with E-state index in [1.165, 1.54) is 28.2 Å². The van der Waals surface area contributed by atoms with E-state index >= 15 is 0 Å². The highest BCUT2D eigenvalue weighted by Crippen LogP contribution is 2.43. The largest absolute Gasteiger partial charge is 0.351 e. The predicted molar refractivity (Wildman–Crippen MR) is 144 cm³/mol. The maximum absolute atomic E-state index is 6.19. The van der Waals surface area contributed by atoms with Crippen LogP contribution in [0, 0.1) is 13.8 Å². The Balaban J connectivity index is 1.65. The van der Waals surface area contributed by atoms with Crippen LogP contribution in [0.4, 0.5) is 5.69 Å². The molecule has 0 radical (unpaired) electrons. The number of aryl methyl sites for hydroxylation is 2. The summed E-state index contributed by atoms with van der Waals surface area (Å²) in [5.74, 6) is 0. The van der Waals surface area contributed by atoms with E-state index in [2.05, 4.69) is 76.9 Å². The van der Waals surface area contributed by atoms with Crippen molar-refractivity contribution in [3.63, 3.8) is 0 Å². The molecule has 5 rings (SSSR count). The summed E-state index contributed by atoms with van der Waals surface area (Å²) in [4.78, 5) is 6.86. The lowest BCUT2D eigenvalue weighted by Gasteiger charge is -2.28. The monoisotopic (exact) mass is 486 g/mol. The highest BCUT2D eigenvalue weighted by Gasteiger charge is 2.42. The minimum atomic E-state index is -0.0826. The number of halogens is 1. The van der Waals surface area contributed by atoms with Gasteiger partial charge in [-0.2, -0.15) is 0 Å². The van der Waals surface area contributed by atoms with Crippen molar-refractivity contribution in [3.8, 4) is 5.69 Å². The van der Waals surface area contributed by atoms with Crippen molar-refractivity contribution in [2.45, 2.75) is 39.3 Å². The van der Waals surface area contributed by atoms with E-state index in [0.717, 1.165) is 17.8 Å². The van der Waals surface area contributed by atoms with Gasteiger partial charge < -0.3 is 14.8 Å². The third kappa shape index (κ3) is 3.99. The van der Waals surface area contributed by atoms with Crippen LogP contribution in [-0.4, -0.2) is 14.7 Å². The van der Waals surface area contributed by atoms with Gasteiger partial charge in [0.15, 0.2) is 5.11 Å². The van der Waals surface area contributed by atoms with E-state index in [0.29, 0.717) is 10.1 Å².